The molecule has 1 aromatic carbocycles. The number of halogens is 3. The van der Waals surface area contributed by atoms with E-state index >= 15 is 0 Å². The van der Waals surface area contributed by atoms with Gasteiger partial charge in [-0.3, -0.25) is 5.41 Å². The maximum absolute atomic E-state index is 12.6. The molecule has 0 amide bonds. The van der Waals surface area contributed by atoms with Crippen LogP contribution in [0.2, 0.25) is 0 Å². The number of nitrogen functional groups attached to an aromatic ring is 1. The average molecular weight is 273 g/mol. The molecule has 19 heavy (non-hydrogen) atoms. The number of nitrogens with one attached hydrogen (secondary N) is 1. The zero-order valence-corrected chi connectivity index (χ0v) is 11.2. The van der Waals surface area contributed by atoms with Crippen molar-refractivity contribution < 1.29 is 13.2 Å². The van der Waals surface area contributed by atoms with E-state index in [1.165, 1.54) is 4.90 Å². The lowest BCUT2D eigenvalue weighted by atomic mass is 10.1. The lowest BCUT2D eigenvalue weighted by Crippen LogP contribution is -2.39. The van der Waals surface area contributed by atoms with E-state index in [1.807, 2.05) is 0 Å². The molecule has 1 rings (SSSR count). The fourth-order valence-corrected chi connectivity index (χ4v) is 1.89. The third-order valence-electron chi connectivity index (χ3n) is 2.80. The van der Waals surface area contributed by atoms with Gasteiger partial charge in [0.2, 0.25) is 0 Å². The Hall–Kier alpha value is -1.72. The first-order valence-corrected chi connectivity index (χ1v) is 5.90. The predicted octanol–water partition coefficient (Wildman–Crippen LogP) is 3.06. The van der Waals surface area contributed by atoms with Gasteiger partial charge in [0.1, 0.15) is 12.4 Å². The summed E-state index contributed by atoms with van der Waals surface area (Å²) in [6, 6.07) is 4.50. The van der Waals surface area contributed by atoms with Gasteiger partial charge in [-0.25, -0.2) is 0 Å². The molecule has 3 nitrogen and oxygen atoms in total. The quantitative estimate of drug-likeness (QED) is 0.654. The van der Waals surface area contributed by atoms with Crippen LogP contribution < -0.4 is 10.6 Å². The van der Waals surface area contributed by atoms with Crippen molar-refractivity contribution in [3.8, 4) is 0 Å². The molecule has 0 spiro atoms. The van der Waals surface area contributed by atoms with E-state index in [2.05, 4.69) is 0 Å². The highest BCUT2D eigenvalue weighted by Gasteiger charge is 2.32. The molecule has 0 aliphatic carbocycles. The standard InChI is InChI=1S/C13H18F3N3/c1-8(2)19(7-13(14,15)16)10-4-5-11(12(17)18)9(3)6-10/h4-6,8H,7H2,1-3H3,(H3,17,18). The van der Waals surface area contributed by atoms with Crippen LogP contribution in [0.4, 0.5) is 18.9 Å². The first-order valence-electron chi connectivity index (χ1n) is 5.90. The van der Waals surface area contributed by atoms with Gasteiger partial charge in [-0.2, -0.15) is 13.2 Å². The summed E-state index contributed by atoms with van der Waals surface area (Å²) >= 11 is 0. The molecular formula is C13H18F3N3. The lowest BCUT2D eigenvalue weighted by molar-refractivity contribution is -0.120. The minimum atomic E-state index is -4.25. The molecule has 6 heteroatoms. The number of benzene rings is 1. The minimum Gasteiger partial charge on any atom is -0.384 e. The fraction of sp³-hybridized carbons (Fsp3) is 0.462. The van der Waals surface area contributed by atoms with Crippen LogP contribution >= 0.6 is 0 Å². The van der Waals surface area contributed by atoms with Gasteiger partial charge in [-0.1, -0.05) is 0 Å². The van der Waals surface area contributed by atoms with Crippen molar-refractivity contribution in [2.45, 2.75) is 33.0 Å². The van der Waals surface area contributed by atoms with Crippen LogP contribution in [0.1, 0.15) is 25.0 Å². The van der Waals surface area contributed by atoms with E-state index in [0.717, 1.165) is 0 Å². The highest BCUT2D eigenvalue weighted by Crippen LogP contribution is 2.25. The number of nitrogens with two attached hydrogens (primary N) is 1. The van der Waals surface area contributed by atoms with E-state index < -0.39 is 12.7 Å². The second-order valence-corrected chi connectivity index (χ2v) is 4.75. The van der Waals surface area contributed by atoms with Crippen LogP contribution in [-0.2, 0) is 0 Å². The number of rotatable bonds is 4. The van der Waals surface area contributed by atoms with Crippen LogP contribution in [0.5, 0.6) is 0 Å². The predicted molar refractivity (Wildman–Crippen MR) is 70.7 cm³/mol. The molecule has 0 atom stereocenters. The van der Waals surface area contributed by atoms with Crippen LogP contribution in [0.15, 0.2) is 18.2 Å². The van der Waals surface area contributed by atoms with Gasteiger partial charge in [-0.15, -0.1) is 0 Å². The summed E-state index contributed by atoms with van der Waals surface area (Å²) < 4.78 is 37.7. The topological polar surface area (TPSA) is 53.1 Å². The number of hydrogen-bond acceptors (Lipinski definition) is 2. The molecule has 0 aliphatic heterocycles. The summed E-state index contributed by atoms with van der Waals surface area (Å²) in [5.74, 6) is -0.0871. The van der Waals surface area contributed by atoms with Gasteiger partial charge in [0.15, 0.2) is 0 Å². The summed E-state index contributed by atoms with van der Waals surface area (Å²) in [5, 5.41) is 7.37. The van der Waals surface area contributed by atoms with Crippen molar-refractivity contribution in [3.05, 3.63) is 29.3 Å². The molecule has 0 fully saturated rings. The highest BCUT2D eigenvalue weighted by molar-refractivity contribution is 5.96. The third kappa shape index (κ3) is 4.15. The van der Waals surface area contributed by atoms with Crippen molar-refractivity contribution in [1.82, 2.24) is 0 Å². The normalized spacial score (nSPS) is 11.7. The first kappa shape index (κ1) is 15.3. The second-order valence-electron chi connectivity index (χ2n) is 4.75. The summed E-state index contributed by atoms with van der Waals surface area (Å²) in [7, 11) is 0. The highest BCUT2D eigenvalue weighted by atomic mass is 19.4. The largest absolute Gasteiger partial charge is 0.405 e. The number of anilines is 1. The molecule has 0 radical (unpaired) electrons. The molecule has 106 valence electrons. The van der Waals surface area contributed by atoms with Crippen molar-refractivity contribution in [2.75, 3.05) is 11.4 Å². The fourth-order valence-electron chi connectivity index (χ4n) is 1.89. The zero-order valence-electron chi connectivity index (χ0n) is 11.2. The maximum atomic E-state index is 12.6. The summed E-state index contributed by atoms with van der Waals surface area (Å²) in [4.78, 5) is 1.27. The summed E-state index contributed by atoms with van der Waals surface area (Å²) in [6.45, 7) is 4.15. The Balaban J connectivity index is 3.11. The smallest absolute Gasteiger partial charge is 0.384 e. The molecule has 0 saturated carbocycles. The van der Waals surface area contributed by atoms with Crippen molar-refractivity contribution in [1.29, 1.82) is 5.41 Å². The first-order chi connectivity index (χ1) is 8.61. The summed E-state index contributed by atoms with van der Waals surface area (Å²) in [6.07, 6.45) is -4.25. The molecule has 0 heterocycles. The third-order valence-corrected chi connectivity index (χ3v) is 2.80. The van der Waals surface area contributed by atoms with Gasteiger partial charge < -0.3 is 10.6 Å². The Kier molecular flexibility index (Phi) is 4.44. The maximum Gasteiger partial charge on any atom is 0.405 e. The monoisotopic (exact) mass is 273 g/mol. The Labute approximate surface area is 110 Å². The van der Waals surface area contributed by atoms with E-state index in [0.29, 0.717) is 16.8 Å². The van der Waals surface area contributed by atoms with Crippen LogP contribution in [0, 0.1) is 12.3 Å². The SMILES string of the molecule is Cc1cc(N(CC(F)(F)F)C(C)C)ccc1C(=N)N. The Morgan fingerprint density at radius 1 is 1.37 bits per heavy atom. The zero-order chi connectivity index (χ0) is 14.8. The average Bonchev–Trinajstić information content (AvgIpc) is 2.23. The van der Waals surface area contributed by atoms with Gasteiger partial charge in [0, 0.05) is 17.3 Å². The van der Waals surface area contributed by atoms with E-state index in [4.69, 9.17) is 11.1 Å². The molecule has 0 bridgehead atoms. The van der Waals surface area contributed by atoms with Crippen molar-refractivity contribution in [3.63, 3.8) is 0 Å². The van der Waals surface area contributed by atoms with Crippen LogP contribution in [0.3, 0.4) is 0 Å². The van der Waals surface area contributed by atoms with E-state index in [9.17, 15) is 13.2 Å². The van der Waals surface area contributed by atoms with Crippen LogP contribution in [0.25, 0.3) is 0 Å². The Bertz CT molecular complexity index is 467. The van der Waals surface area contributed by atoms with E-state index in [-0.39, 0.29) is 11.9 Å². The van der Waals surface area contributed by atoms with Gasteiger partial charge in [0.05, 0.1) is 0 Å². The van der Waals surface area contributed by atoms with Gasteiger partial charge in [-0.05, 0) is 44.5 Å². The molecular weight excluding hydrogens is 255 g/mol. The molecule has 0 aliphatic rings. The molecule has 3 N–H and O–H groups in total. The number of hydrogen-bond donors (Lipinski definition) is 2. The molecule has 0 unspecified atom stereocenters. The molecule has 0 saturated heterocycles. The van der Waals surface area contributed by atoms with Gasteiger partial charge >= 0.3 is 6.18 Å². The number of aryl methyl sites for hydroxylation is 1. The lowest BCUT2D eigenvalue weighted by Gasteiger charge is -2.30. The van der Waals surface area contributed by atoms with Gasteiger partial charge in [0.25, 0.3) is 0 Å². The molecule has 0 aromatic heterocycles. The van der Waals surface area contributed by atoms with Crippen molar-refractivity contribution >= 4 is 11.5 Å². The van der Waals surface area contributed by atoms with Crippen LogP contribution in [-0.4, -0.2) is 24.6 Å². The molecule has 1 aromatic rings. The number of nitrogens with zero attached hydrogens (tertiary/aromatic N) is 1. The second kappa shape index (κ2) is 5.50. The Morgan fingerprint density at radius 3 is 2.32 bits per heavy atom. The van der Waals surface area contributed by atoms with E-state index in [1.54, 1.807) is 39.0 Å². The Morgan fingerprint density at radius 2 is 1.95 bits per heavy atom. The number of amidine groups is 1. The summed E-state index contributed by atoms with van der Waals surface area (Å²) in [5.41, 5.74) is 7.11. The minimum absolute atomic E-state index is 0.0871. The van der Waals surface area contributed by atoms with Crippen molar-refractivity contribution in [2.24, 2.45) is 5.73 Å². The number of alkyl halides is 3.